The van der Waals surface area contributed by atoms with Crippen molar-refractivity contribution in [1.29, 1.82) is 5.26 Å². The third-order valence-electron chi connectivity index (χ3n) is 2.14. The molecule has 5 heteroatoms. The molecule has 0 saturated carbocycles. The van der Waals surface area contributed by atoms with E-state index in [-0.39, 0.29) is 12.6 Å². The third kappa shape index (κ3) is 4.66. The fourth-order valence-electron chi connectivity index (χ4n) is 1.26. The van der Waals surface area contributed by atoms with E-state index in [0.29, 0.717) is 30.8 Å². The zero-order chi connectivity index (χ0) is 13.2. The van der Waals surface area contributed by atoms with E-state index >= 15 is 0 Å². The lowest BCUT2D eigenvalue weighted by Crippen LogP contribution is -2.14. The minimum absolute atomic E-state index is 0.247. The van der Waals surface area contributed by atoms with Gasteiger partial charge in [0.05, 0.1) is 12.1 Å². The second kappa shape index (κ2) is 7.85. The van der Waals surface area contributed by atoms with Gasteiger partial charge in [0, 0.05) is 12.6 Å². The van der Waals surface area contributed by atoms with Crippen LogP contribution in [0.3, 0.4) is 0 Å². The molecule has 1 heterocycles. The number of pyridine rings is 1. The van der Waals surface area contributed by atoms with Crippen LogP contribution in [0.5, 0.6) is 0 Å². The van der Waals surface area contributed by atoms with Crippen LogP contribution in [0.2, 0.25) is 0 Å². The molecule has 0 aliphatic rings. The van der Waals surface area contributed by atoms with E-state index < -0.39 is 0 Å². The number of nitrogens with one attached hydrogen (secondary N) is 1. The molecule has 5 nitrogen and oxygen atoms in total. The first-order valence-electron chi connectivity index (χ1n) is 5.63. The quantitative estimate of drug-likeness (QED) is 0.451. The van der Waals surface area contributed by atoms with Crippen LogP contribution in [-0.4, -0.2) is 24.1 Å². The van der Waals surface area contributed by atoms with Gasteiger partial charge in [-0.1, -0.05) is 6.08 Å². The Bertz CT molecular complexity index is 452. The highest BCUT2D eigenvalue weighted by Gasteiger charge is 2.03. The minimum Gasteiger partial charge on any atom is -0.464 e. The van der Waals surface area contributed by atoms with E-state index in [1.54, 1.807) is 24.4 Å². The van der Waals surface area contributed by atoms with Crippen molar-refractivity contribution in [1.82, 2.24) is 4.98 Å². The van der Waals surface area contributed by atoms with Crippen molar-refractivity contribution in [3.05, 3.63) is 36.5 Å². The number of nitriles is 1. The molecule has 18 heavy (non-hydrogen) atoms. The van der Waals surface area contributed by atoms with Crippen LogP contribution in [0.15, 0.2) is 31.0 Å². The Labute approximate surface area is 106 Å². The molecule has 0 spiro atoms. The highest BCUT2D eigenvalue weighted by Crippen LogP contribution is 2.08. The number of hydrogen-bond acceptors (Lipinski definition) is 5. The van der Waals surface area contributed by atoms with Crippen LogP contribution in [0.4, 0.5) is 5.82 Å². The molecule has 0 aliphatic carbocycles. The lowest BCUT2D eigenvalue weighted by atomic mass is 10.3. The second-order valence-corrected chi connectivity index (χ2v) is 3.49. The summed E-state index contributed by atoms with van der Waals surface area (Å²) in [4.78, 5) is 15.2. The van der Waals surface area contributed by atoms with Crippen molar-refractivity contribution in [3.8, 4) is 6.07 Å². The van der Waals surface area contributed by atoms with Gasteiger partial charge < -0.3 is 10.1 Å². The Morgan fingerprint density at radius 3 is 3.22 bits per heavy atom. The van der Waals surface area contributed by atoms with Crippen molar-refractivity contribution in [3.63, 3.8) is 0 Å². The molecule has 0 amide bonds. The maximum absolute atomic E-state index is 11.2. The highest BCUT2D eigenvalue weighted by atomic mass is 16.5. The molecule has 0 aliphatic heterocycles. The van der Waals surface area contributed by atoms with E-state index in [2.05, 4.69) is 16.9 Å². The van der Waals surface area contributed by atoms with Crippen LogP contribution in [0, 0.1) is 11.3 Å². The van der Waals surface area contributed by atoms with Gasteiger partial charge in [0.25, 0.3) is 0 Å². The number of esters is 1. The lowest BCUT2D eigenvalue weighted by molar-refractivity contribution is -0.143. The molecular weight excluding hydrogens is 230 g/mol. The first kappa shape index (κ1) is 13.7. The molecule has 0 bridgehead atoms. The van der Waals surface area contributed by atoms with Crippen molar-refractivity contribution >= 4 is 11.8 Å². The van der Waals surface area contributed by atoms with Gasteiger partial charge in [-0.3, -0.25) is 4.79 Å². The second-order valence-electron chi connectivity index (χ2n) is 3.49. The van der Waals surface area contributed by atoms with Crippen LogP contribution >= 0.6 is 0 Å². The van der Waals surface area contributed by atoms with Gasteiger partial charge in [-0.05, 0) is 18.6 Å². The topological polar surface area (TPSA) is 75.0 Å². The van der Waals surface area contributed by atoms with Crippen LogP contribution < -0.4 is 5.32 Å². The lowest BCUT2D eigenvalue weighted by Gasteiger charge is -2.07. The molecule has 1 aromatic heterocycles. The van der Waals surface area contributed by atoms with Gasteiger partial charge >= 0.3 is 5.97 Å². The monoisotopic (exact) mass is 245 g/mol. The molecule has 0 radical (unpaired) electrons. The highest BCUT2D eigenvalue weighted by molar-refractivity contribution is 5.69. The summed E-state index contributed by atoms with van der Waals surface area (Å²) in [5.74, 6) is 0.250. The number of hydrogen-bond donors (Lipinski definition) is 1. The Balaban J connectivity index is 2.28. The van der Waals surface area contributed by atoms with Gasteiger partial charge in [-0.15, -0.1) is 6.58 Å². The molecule has 94 valence electrons. The predicted molar refractivity (Wildman–Crippen MR) is 67.8 cm³/mol. The van der Waals surface area contributed by atoms with Gasteiger partial charge in [-0.2, -0.15) is 5.26 Å². The first-order chi connectivity index (χ1) is 8.77. The third-order valence-corrected chi connectivity index (χ3v) is 2.14. The standard InChI is InChI=1S/C13H15N3O2/c1-2-3-6-12(17)18-9-8-16-13-11(10-14)5-4-7-15-13/h2,4-5,7H,1,3,6,8-9H2,(H,15,16). The number of ether oxygens (including phenoxy) is 1. The normalized spacial score (nSPS) is 9.28. The average Bonchev–Trinajstić information content (AvgIpc) is 2.41. The zero-order valence-corrected chi connectivity index (χ0v) is 10.1. The maximum atomic E-state index is 11.2. The van der Waals surface area contributed by atoms with Gasteiger partial charge in [0.1, 0.15) is 18.5 Å². The summed E-state index contributed by atoms with van der Waals surface area (Å²) in [5.41, 5.74) is 0.468. The Hall–Kier alpha value is -2.35. The van der Waals surface area contributed by atoms with Crippen molar-refractivity contribution in [2.24, 2.45) is 0 Å². The molecular formula is C13H15N3O2. The number of nitrogens with zero attached hydrogens (tertiary/aromatic N) is 2. The van der Waals surface area contributed by atoms with Crippen LogP contribution in [0.25, 0.3) is 0 Å². The smallest absolute Gasteiger partial charge is 0.306 e. The molecule has 0 unspecified atom stereocenters. The van der Waals surface area contributed by atoms with E-state index in [1.807, 2.05) is 6.07 Å². The van der Waals surface area contributed by atoms with Crippen molar-refractivity contribution in [2.75, 3.05) is 18.5 Å². The van der Waals surface area contributed by atoms with Crippen LogP contribution in [0.1, 0.15) is 18.4 Å². The molecule has 1 aromatic rings. The Morgan fingerprint density at radius 2 is 2.50 bits per heavy atom. The fraction of sp³-hybridized carbons (Fsp3) is 0.308. The number of anilines is 1. The average molecular weight is 245 g/mol. The Morgan fingerprint density at radius 1 is 1.67 bits per heavy atom. The SMILES string of the molecule is C=CCCC(=O)OCCNc1ncccc1C#N. The summed E-state index contributed by atoms with van der Waals surface area (Å²) < 4.78 is 4.98. The first-order valence-corrected chi connectivity index (χ1v) is 5.63. The summed E-state index contributed by atoms with van der Waals surface area (Å²) in [7, 11) is 0. The summed E-state index contributed by atoms with van der Waals surface area (Å²) in [6.07, 6.45) is 4.23. The van der Waals surface area contributed by atoms with Crippen molar-refractivity contribution < 1.29 is 9.53 Å². The number of aromatic nitrogens is 1. The minimum atomic E-state index is -0.252. The number of allylic oxidation sites excluding steroid dienone is 1. The van der Waals surface area contributed by atoms with Crippen LogP contribution in [-0.2, 0) is 9.53 Å². The van der Waals surface area contributed by atoms with E-state index in [9.17, 15) is 4.79 Å². The zero-order valence-electron chi connectivity index (χ0n) is 10.1. The van der Waals surface area contributed by atoms with Gasteiger partial charge in [-0.25, -0.2) is 4.98 Å². The molecule has 0 fully saturated rings. The molecule has 0 saturated heterocycles. The predicted octanol–water partition coefficient (Wildman–Crippen LogP) is 1.87. The van der Waals surface area contributed by atoms with E-state index in [0.717, 1.165) is 0 Å². The molecule has 1 N–H and O–H groups in total. The summed E-state index contributed by atoms with van der Waals surface area (Å²) in [6.45, 7) is 4.20. The fourth-order valence-corrected chi connectivity index (χ4v) is 1.26. The number of carbonyl (C=O) groups is 1. The molecule has 0 aromatic carbocycles. The maximum Gasteiger partial charge on any atom is 0.306 e. The number of carbonyl (C=O) groups excluding carboxylic acids is 1. The molecule has 1 rings (SSSR count). The summed E-state index contributed by atoms with van der Waals surface area (Å²) in [5, 5.41) is 11.8. The molecule has 0 atom stereocenters. The largest absolute Gasteiger partial charge is 0.464 e. The van der Waals surface area contributed by atoms with E-state index in [4.69, 9.17) is 10.00 Å². The summed E-state index contributed by atoms with van der Waals surface area (Å²) >= 11 is 0. The van der Waals surface area contributed by atoms with Crippen molar-refractivity contribution in [2.45, 2.75) is 12.8 Å². The van der Waals surface area contributed by atoms with E-state index in [1.165, 1.54) is 0 Å². The Kier molecular flexibility index (Phi) is 5.98. The van der Waals surface area contributed by atoms with Gasteiger partial charge in [0.15, 0.2) is 0 Å². The number of rotatable bonds is 7. The summed E-state index contributed by atoms with van der Waals surface area (Å²) in [6, 6.07) is 5.39. The van der Waals surface area contributed by atoms with Gasteiger partial charge in [0.2, 0.25) is 0 Å².